The number of hydrogen-bond acceptors (Lipinski definition) is 3. The van der Waals surface area contributed by atoms with Gasteiger partial charge in [0.15, 0.2) is 5.65 Å². The third kappa shape index (κ3) is 2.91. The first-order valence-electron chi connectivity index (χ1n) is 10.4. The molecule has 4 rings (SSSR count). The van der Waals surface area contributed by atoms with Crippen LogP contribution in [0.1, 0.15) is 55.2 Å². The topological polar surface area (TPSA) is 44.3 Å². The minimum Gasteiger partial charge on any atom is -0.496 e. The van der Waals surface area contributed by atoms with E-state index in [-0.39, 0.29) is 0 Å². The van der Waals surface area contributed by atoms with Crippen molar-refractivity contribution in [3.63, 3.8) is 0 Å². The van der Waals surface area contributed by atoms with Gasteiger partial charge in [-0.15, -0.1) is 0 Å². The SMILES string of the molecule is CCC(CC)n1ccc2c(C)nc3c(-c4c(C)cc(C)cc4OC)c(C)nn3c21. The summed E-state index contributed by atoms with van der Waals surface area (Å²) < 4.78 is 10.2. The molecule has 0 unspecified atom stereocenters. The lowest BCUT2D eigenvalue weighted by Crippen LogP contribution is -2.09. The van der Waals surface area contributed by atoms with E-state index in [1.807, 2.05) is 4.52 Å². The number of hydrogen-bond donors (Lipinski definition) is 0. The lowest BCUT2D eigenvalue weighted by atomic mass is 9.97. The van der Waals surface area contributed by atoms with Crippen molar-refractivity contribution in [1.29, 1.82) is 0 Å². The third-order valence-corrected chi connectivity index (χ3v) is 6.04. The van der Waals surface area contributed by atoms with E-state index in [9.17, 15) is 0 Å². The zero-order valence-electron chi connectivity index (χ0n) is 18.5. The number of aryl methyl sites for hydroxylation is 4. The number of nitrogens with zero attached hydrogens (tertiary/aromatic N) is 4. The molecule has 0 N–H and O–H groups in total. The second kappa shape index (κ2) is 7.21. The molecule has 29 heavy (non-hydrogen) atoms. The van der Waals surface area contributed by atoms with Gasteiger partial charge >= 0.3 is 0 Å². The first kappa shape index (κ1) is 19.5. The van der Waals surface area contributed by atoms with Crippen LogP contribution in [0.2, 0.25) is 0 Å². The predicted molar refractivity (Wildman–Crippen MR) is 119 cm³/mol. The summed E-state index contributed by atoms with van der Waals surface area (Å²) in [4.78, 5) is 5.00. The van der Waals surface area contributed by atoms with Gasteiger partial charge in [-0.1, -0.05) is 19.9 Å². The highest BCUT2D eigenvalue weighted by molar-refractivity contribution is 5.90. The summed E-state index contributed by atoms with van der Waals surface area (Å²) in [7, 11) is 1.73. The molecular weight excluding hydrogens is 360 g/mol. The number of fused-ring (bicyclic) bond motifs is 3. The molecule has 3 aromatic heterocycles. The molecule has 0 fully saturated rings. The van der Waals surface area contributed by atoms with Crippen LogP contribution in [0.4, 0.5) is 0 Å². The highest BCUT2D eigenvalue weighted by Crippen LogP contribution is 2.39. The Bertz CT molecular complexity index is 1210. The monoisotopic (exact) mass is 390 g/mol. The van der Waals surface area contributed by atoms with Crippen molar-refractivity contribution < 1.29 is 4.74 Å². The van der Waals surface area contributed by atoms with Gasteiger partial charge < -0.3 is 9.30 Å². The molecule has 3 heterocycles. The van der Waals surface area contributed by atoms with Crippen LogP contribution in [0, 0.1) is 27.7 Å². The molecule has 4 aromatic rings. The van der Waals surface area contributed by atoms with Crippen LogP contribution in [0.5, 0.6) is 5.75 Å². The van der Waals surface area contributed by atoms with Crippen LogP contribution in [0.3, 0.4) is 0 Å². The summed E-state index contributed by atoms with van der Waals surface area (Å²) >= 11 is 0. The van der Waals surface area contributed by atoms with Gasteiger partial charge in [0.1, 0.15) is 11.4 Å². The van der Waals surface area contributed by atoms with Gasteiger partial charge in [0.2, 0.25) is 0 Å². The van der Waals surface area contributed by atoms with E-state index < -0.39 is 0 Å². The highest BCUT2D eigenvalue weighted by Gasteiger charge is 2.23. The highest BCUT2D eigenvalue weighted by atomic mass is 16.5. The van der Waals surface area contributed by atoms with Crippen molar-refractivity contribution in [1.82, 2.24) is 19.2 Å². The normalized spacial score (nSPS) is 11.9. The van der Waals surface area contributed by atoms with Crippen molar-refractivity contribution in [3.05, 3.63) is 46.9 Å². The van der Waals surface area contributed by atoms with Crippen LogP contribution >= 0.6 is 0 Å². The smallest absolute Gasteiger partial charge is 0.165 e. The first-order chi connectivity index (χ1) is 13.9. The lowest BCUT2D eigenvalue weighted by Gasteiger charge is -2.17. The van der Waals surface area contributed by atoms with E-state index in [4.69, 9.17) is 14.8 Å². The Kier molecular flexibility index (Phi) is 4.85. The fourth-order valence-corrected chi connectivity index (χ4v) is 4.61. The molecule has 0 aliphatic carbocycles. The van der Waals surface area contributed by atoms with Crippen LogP contribution in [-0.2, 0) is 0 Å². The van der Waals surface area contributed by atoms with Gasteiger partial charge in [-0.3, -0.25) is 0 Å². The third-order valence-electron chi connectivity index (χ3n) is 6.04. The summed E-state index contributed by atoms with van der Waals surface area (Å²) in [5.74, 6) is 0.871. The number of rotatable bonds is 5. The van der Waals surface area contributed by atoms with E-state index >= 15 is 0 Å². The fourth-order valence-electron chi connectivity index (χ4n) is 4.61. The van der Waals surface area contributed by atoms with Crippen LogP contribution in [0.25, 0.3) is 27.8 Å². The zero-order valence-corrected chi connectivity index (χ0v) is 18.5. The molecule has 0 amide bonds. The maximum Gasteiger partial charge on any atom is 0.165 e. The summed E-state index contributed by atoms with van der Waals surface area (Å²) in [5, 5.41) is 6.12. The van der Waals surface area contributed by atoms with Crippen molar-refractivity contribution >= 4 is 16.7 Å². The second-order valence-corrected chi connectivity index (χ2v) is 7.98. The van der Waals surface area contributed by atoms with E-state index in [2.05, 4.69) is 70.5 Å². The second-order valence-electron chi connectivity index (χ2n) is 7.98. The summed E-state index contributed by atoms with van der Waals surface area (Å²) in [6.07, 6.45) is 4.35. The van der Waals surface area contributed by atoms with Crippen molar-refractivity contribution in [3.8, 4) is 16.9 Å². The van der Waals surface area contributed by atoms with Gasteiger partial charge in [0.25, 0.3) is 0 Å². The zero-order chi connectivity index (χ0) is 20.9. The molecule has 0 aliphatic heterocycles. The maximum absolute atomic E-state index is 5.76. The maximum atomic E-state index is 5.76. The standard InChI is InChI=1S/C24H30N4O/c1-8-18(9-2)27-11-10-19-16(5)25-23-22(17(6)26-28(23)24(19)27)21-15(4)12-14(3)13-20(21)29-7/h10-13,18H,8-9H2,1-7H3. The van der Waals surface area contributed by atoms with Gasteiger partial charge in [0, 0.05) is 23.2 Å². The molecule has 152 valence electrons. The summed E-state index contributed by atoms with van der Waals surface area (Å²) in [6, 6.07) is 6.90. The van der Waals surface area contributed by atoms with Crippen LogP contribution in [-0.4, -0.2) is 26.3 Å². The Balaban J connectivity index is 2.12. The molecule has 0 spiro atoms. The van der Waals surface area contributed by atoms with Crippen molar-refractivity contribution in [2.24, 2.45) is 0 Å². The van der Waals surface area contributed by atoms with Gasteiger partial charge in [-0.05, 0) is 63.8 Å². The Morgan fingerprint density at radius 1 is 1.00 bits per heavy atom. The van der Waals surface area contributed by atoms with Gasteiger partial charge in [0.05, 0.1) is 24.1 Å². The number of methoxy groups -OCH3 is 1. The predicted octanol–water partition coefficient (Wildman–Crippen LogP) is 5.95. The van der Waals surface area contributed by atoms with E-state index in [1.54, 1.807) is 7.11 Å². The molecule has 0 radical (unpaired) electrons. The molecule has 5 nitrogen and oxygen atoms in total. The molecule has 0 bridgehead atoms. The molecule has 1 aromatic carbocycles. The summed E-state index contributed by atoms with van der Waals surface area (Å²) in [6.45, 7) is 12.9. The Morgan fingerprint density at radius 2 is 1.72 bits per heavy atom. The van der Waals surface area contributed by atoms with Crippen LogP contribution in [0.15, 0.2) is 24.4 Å². The minimum absolute atomic E-state index is 0.445. The Morgan fingerprint density at radius 3 is 2.38 bits per heavy atom. The first-order valence-corrected chi connectivity index (χ1v) is 10.4. The summed E-state index contributed by atoms with van der Waals surface area (Å²) in [5.41, 5.74) is 8.51. The Hall–Kier alpha value is -2.82. The molecule has 0 atom stereocenters. The largest absolute Gasteiger partial charge is 0.496 e. The number of benzene rings is 1. The molecule has 5 heteroatoms. The van der Waals surface area contributed by atoms with E-state index in [1.165, 1.54) is 11.1 Å². The van der Waals surface area contributed by atoms with Crippen molar-refractivity contribution in [2.75, 3.05) is 7.11 Å². The van der Waals surface area contributed by atoms with Crippen molar-refractivity contribution in [2.45, 2.75) is 60.4 Å². The van der Waals surface area contributed by atoms with E-state index in [0.29, 0.717) is 6.04 Å². The number of aromatic nitrogens is 4. The quantitative estimate of drug-likeness (QED) is 0.423. The molecule has 0 saturated heterocycles. The fraction of sp³-hybridized carbons (Fsp3) is 0.417. The van der Waals surface area contributed by atoms with Crippen LogP contribution < -0.4 is 4.74 Å². The van der Waals surface area contributed by atoms with Gasteiger partial charge in [-0.2, -0.15) is 9.61 Å². The molecular formula is C24H30N4O. The lowest BCUT2D eigenvalue weighted by molar-refractivity contribution is 0.416. The number of ether oxygens (including phenoxy) is 1. The van der Waals surface area contributed by atoms with Gasteiger partial charge in [-0.25, -0.2) is 4.98 Å². The average Bonchev–Trinajstić information content (AvgIpc) is 3.25. The minimum atomic E-state index is 0.445. The Labute approximate surface area is 172 Å². The average molecular weight is 391 g/mol. The molecule has 0 saturated carbocycles. The molecule has 0 aliphatic rings. The van der Waals surface area contributed by atoms with E-state index in [0.717, 1.165) is 57.8 Å².